The van der Waals surface area contributed by atoms with Gasteiger partial charge >= 0.3 is 0 Å². The molecule has 1 aliphatic rings. The monoisotopic (exact) mass is 314 g/mol. The molecule has 2 N–H and O–H groups in total. The highest BCUT2D eigenvalue weighted by molar-refractivity contribution is 7.89. The highest BCUT2D eigenvalue weighted by Gasteiger charge is 2.27. The molecule has 0 aliphatic heterocycles. The first-order valence-corrected chi connectivity index (χ1v) is 9.23. The minimum absolute atomic E-state index is 0.0534. The number of furan rings is 1. The summed E-state index contributed by atoms with van der Waals surface area (Å²) in [6, 6.07) is 1.68. The average molecular weight is 314 g/mol. The van der Waals surface area contributed by atoms with E-state index in [0.717, 1.165) is 32.2 Å². The predicted octanol–water partition coefficient (Wildman–Crippen LogP) is 2.55. The lowest BCUT2D eigenvalue weighted by atomic mass is 9.88. The van der Waals surface area contributed by atoms with Crippen molar-refractivity contribution < 1.29 is 12.8 Å². The molecule has 6 heteroatoms. The van der Waals surface area contributed by atoms with Gasteiger partial charge in [-0.3, -0.25) is 0 Å². The first-order chi connectivity index (χ1) is 9.92. The molecule has 0 amide bonds. The number of aryl methyl sites for hydroxylation is 1. The fraction of sp³-hybridized carbons (Fsp3) is 0.733. The maximum atomic E-state index is 12.5. The molecule has 1 aliphatic carbocycles. The topological polar surface area (TPSA) is 71.3 Å². The van der Waals surface area contributed by atoms with Gasteiger partial charge in [0, 0.05) is 12.1 Å². The molecule has 1 aromatic rings. The quantitative estimate of drug-likeness (QED) is 0.846. The molecule has 5 nitrogen and oxygen atoms in total. The third kappa shape index (κ3) is 4.31. The molecule has 1 fully saturated rings. The number of sulfonamides is 1. The Morgan fingerprint density at radius 2 is 1.95 bits per heavy atom. The van der Waals surface area contributed by atoms with Gasteiger partial charge in [-0.1, -0.05) is 13.8 Å². The van der Waals surface area contributed by atoms with Crippen molar-refractivity contribution >= 4 is 10.0 Å². The molecule has 120 valence electrons. The smallest absolute Gasteiger partial charge is 0.244 e. The van der Waals surface area contributed by atoms with Crippen molar-refractivity contribution in [3.05, 3.63) is 17.6 Å². The summed E-state index contributed by atoms with van der Waals surface area (Å²) >= 11 is 0. The molecule has 0 saturated heterocycles. The Bertz CT molecular complexity index is 557. The van der Waals surface area contributed by atoms with Crippen LogP contribution in [0.5, 0.6) is 0 Å². The van der Waals surface area contributed by atoms with Crippen molar-refractivity contribution in [2.75, 3.05) is 6.54 Å². The Morgan fingerprint density at radius 3 is 2.57 bits per heavy atom. The maximum absolute atomic E-state index is 12.5. The van der Waals surface area contributed by atoms with Crippen LogP contribution in [0.3, 0.4) is 0 Å². The highest BCUT2D eigenvalue weighted by Crippen LogP contribution is 2.26. The Balaban J connectivity index is 2.06. The Morgan fingerprint density at radius 1 is 1.29 bits per heavy atom. The van der Waals surface area contributed by atoms with Gasteiger partial charge in [0.05, 0.1) is 6.54 Å². The van der Waals surface area contributed by atoms with Crippen LogP contribution >= 0.6 is 0 Å². The molecule has 1 heterocycles. The third-order valence-electron chi connectivity index (χ3n) is 4.10. The Hall–Kier alpha value is -0.850. The van der Waals surface area contributed by atoms with E-state index in [-0.39, 0.29) is 10.9 Å². The molecule has 0 spiro atoms. The molecule has 0 atom stereocenters. The van der Waals surface area contributed by atoms with Gasteiger partial charge in [-0.05, 0) is 45.1 Å². The minimum atomic E-state index is -3.48. The van der Waals surface area contributed by atoms with E-state index in [2.05, 4.69) is 17.0 Å². The van der Waals surface area contributed by atoms with Gasteiger partial charge < -0.3 is 9.73 Å². The highest BCUT2D eigenvalue weighted by atomic mass is 32.2. The van der Waals surface area contributed by atoms with Crippen molar-refractivity contribution in [3.63, 3.8) is 0 Å². The molecule has 0 bridgehead atoms. The van der Waals surface area contributed by atoms with Crippen LogP contribution in [-0.2, 0) is 16.6 Å². The number of hydrogen-bond donors (Lipinski definition) is 2. The summed E-state index contributed by atoms with van der Waals surface area (Å²) in [6.45, 7) is 7.29. The van der Waals surface area contributed by atoms with E-state index in [1.54, 1.807) is 13.0 Å². The largest absolute Gasteiger partial charge is 0.464 e. The first kappa shape index (κ1) is 16.5. The Labute approximate surface area is 127 Å². The third-order valence-corrected chi connectivity index (χ3v) is 5.73. The second-order valence-corrected chi connectivity index (χ2v) is 7.67. The molecule has 1 saturated carbocycles. The van der Waals surface area contributed by atoms with E-state index in [0.29, 0.717) is 24.0 Å². The van der Waals surface area contributed by atoms with Crippen molar-refractivity contribution in [1.29, 1.82) is 0 Å². The van der Waals surface area contributed by atoms with Gasteiger partial charge in [-0.2, -0.15) is 0 Å². The molecule has 2 rings (SSSR count). The fourth-order valence-corrected chi connectivity index (χ4v) is 4.30. The SMILES string of the molecule is CCNCc1cc(S(=O)(=O)NC2CCC(C)CC2)c(C)o1. The molecule has 0 unspecified atom stereocenters. The summed E-state index contributed by atoms with van der Waals surface area (Å²) in [7, 11) is -3.48. The van der Waals surface area contributed by atoms with Crippen LogP contribution in [0.25, 0.3) is 0 Å². The lowest BCUT2D eigenvalue weighted by Crippen LogP contribution is -2.37. The van der Waals surface area contributed by atoms with E-state index < -0.39 is 10.0 Å². The summed E-state index contributed by atoms with van der Waals surface area (Å²) in [5.41, 5.74) is 0. The van der Waals surface area contributed by atoms with Gasteiger partial charge in [0.25, 0.3) is 0 Å². The van der Waals surface area contributed by atoms with Crippen LogP contribution < -0.4 is 10.0 Å². The summed E-state index contributed by atoms with van der Waals surface area (Å²) < 4.78 is 33.4. The van der Waals surface area contributed by atoms with Crippen LogP contribution in [0.15, 0.2) is 15.4 Å². The van der Waals surface area contributed by atoms with Crippen molar-refractivity contribution in [2.24, 2.45) is 5.92 Å². The fourth-order valence-electron chi connectivity index (χ4n) is 2.79. The molecular weight excluding hydrogens is 288 g/mol. The summed E-state index contributed by atoms with van der Waals surface area (Å²) in [4.78, 5) is 0.272. The van der Waals surface area contributed by atoms with Crippen LogP contribution in [0, 0.1) is 12.8 Å². The van der Waals surface area contributed by atoms with Crippen LogP contribution in [-0.4, -0.2) is 21.0 Å². The zero-order valence-electron chi connectivity index (χ0n) is 13.1. The zero-order chi connectivity index (χ0) is 15.5. The standard InChI is InChI=1S/C15H26N2O3S/c1-4-16-10-14-9-15(12(3)20-14)21(18,19)17-13-7-5-11(2)6-8-13/h9,11,13,16-17H,4-8,10H2,1-3H3. The number of rotatable bonds is 6. The van der Waals surface area contributed by atoms with Crippen LogP contribution in [0.2, 0.25) is 0 Å². The minimum Gasteiger partial charge on any atom is -0.464 e. The first-order valence-electron chi connectivity index (χ1n) is 7.74. The number of nitrogens with one attached hydrogen (secondary N) is 2. The summed E-state index contributed by atoms with van der Waals surface area (Å²) in [6.07, 6.45) is 4.01. The molecule has 0 aromatic carbocycles. The van der Waals surface area contributed by atoms with E-state index in [1.165, 1.54) is 0 Å². The van der Waals surface area contributed by atoms with Crippen LogP contribution in [0.1, 0.15) is 51.1 Å². The van der Waals surface area contributed by atoms with E-state index in [1.807, 2.05) is 6.92 Å². The van der Waals surface area contributed by atoms with Crippen molar-refractivity contribution in [2.45, 2.75) is 63.9 Å². The molecule has 1 aromatic heterocycles. The normalized spacial score (nSPS) is 23.4. The number of hydrogen-bond acceptors (Lipinski definition) is 4. The van der Waals surface area contributed by atoms with E-state index in [9.17, 15) is 8.42 Å². The zero-order valence-corrected chi connectivity index (χ0v) is 13.9. The van der Waals surface area contributed by atoms with Crippen molar-refractivity contribution in [3.8, 4) is 0 Å². The van der Waals surface area contributed by atoms with Gasteiger partial charge in [-0.25, -0.2) is 13.1 Å². The van der Waals surface area contributed by atoms with Gasteiger partial charge in [-0.15, -0.1) is 0 Å². The van der Waals surface area contributed by atoms with Gasteiger partial charge in [0.15, 0.2) is 0 Å². The van der Waals surface area contributed by atoms with E-state index in [4.69, 9.17) is 4.42 Å². The second-order valence-electron chi connectivity index (χ2n) is 5.99. The lowest BCUT2D eigenvalue weighted by Gasteiger charge is -2.26. The molecular formula is C15H26N2O3S. The maximum Gasteiger partial charge on any atom is 0.244 e. The molecule has 0 radical (unpaired) electrons. The van der Waals surface area contributed by atoms with Gasteiger partial charge in [0.2, 0.25) is 10.0 Å². The van der Waals surface area contributed by atoms with Crippen LogP contribution in [0.4, 0.5) is 0 Å². The average Bonchev–Trinajstić information content (AvgIpc) is 2.81. The predicted molar refractivity (Wildman–Crippen MR) is 82.6 cm³/mol. The summed E-state index contributed by atoms with van der Waals surface area (Å²) in [5, 5.41) is 3.13. The lowest BCUT2D eigenvalue weighted by molar-refractivity contribution is 0.332. The molecule has 21 heavy (non-hydrogen) atoms. The van der Waals surface area contributed by atoms with E-state index >= 15 is 0 Å². The van der Waals surface area contributed by atoms with Crippen molar-refractivity contribution in [1.82, 2.24) is 10.0 Å². The second kappa shape index (κ2) is 6.94. The Kier molecular flexibility index (Phi) is 5.46. The van der Waals surface area contributed by atoms with Gasteiger partial charge in [0.1, 0.15) is 16.4 Å². The summed E-state index contributed by atoms with van der Waals surface area (Å²) in [5.74, 6) is 1.82.